The highest BCUT2D eigenvalue weighted by Gasteiger charge is 2.12. The summed E-state index contributed by atoms with van der Waals surface area (Å²) in [7, 11) is 0. The molecule has 1 aliphatic rings. The van der Waals surface area contributed by atoms with Gasteiger partial charge in [-0.25, -0.2) is 0 Å². The molecule has 1 aliphatic heterocycles. The molecule has 0 atom stereocenters. The highest BCUT2D eigenvalue weighted by atomic mass is 35.5. The molecule has 4 nitrogen and oxygen atoms in total. The van der Waals surface area contributed by atoms with Gasteiger partial charge in [-0.15, -0.1) is 12.4 Å². The van der Waals surface area contributed by atoms with Crippen LogP contribution in [0.15, 0.2) is 77.6 Å². The first-order valence-electron chi connectivity index (χ1n) is 13.3. The smallest absolute Gasteiger partial charge is 0.145 e. The third-order valence-corrected chi connectivity index (χ3v) is 6.48. The molecule has 0 bridgehead atoms. The minimum atomic E-state index is 0. The number of nitrogens with zero attached hydrogens (tertiary/aromatic N) is 1. The molecule has 36 heavy (non-hydrogen) atoms. The van der Waals surface area contributed by atoms with Gasteiger partial charge in [0, 0.05) is 18.0 Å². The first-order chi connectivity index (χ1) is 17.3. The number of rotatable bonds is 15. The normalized spacial score (nSPS) is 13.7. The van der Waals surface area contributed by atoms with E-state index in [1.54, 1.807) is 0 Å². The highest BCUT2D eigenvalue weighted by molar-refractivity contribution is 5.99. The average Bonchev–Trinajstić information content (AvgIpc) is 3.64. The summed E-state index contributed by atoms with van der Waals surface area (Å²) in [4.78, 5) is 11.6. The number of halogens is 1. The van der Waals surface area contributed by atoms with Crippen molar-refractivity contribution in [3.05, 3.63) is 83.8 Å². The van der Waals surface area contributed by atoms with E-state index < -0.39 is 0 Å². The van der Waals surface area contributed by atoms with Gasteiger partial charge in [0.2, 0.25) is 0 Å². The number of nitrogens with one attached hydrogen (secondary N) is 2. The maximum Gasteiger partial charge on any atom is 0.145 e. The molecule has 3 aromatic rings. The lowest BCUT2D eigenvalue weighted by Gasteiger charge is -2.05. The van der Waals surface area contributed by atoms with Gasteiger partial charge in [-0.2, -0.15) is 0 Å². The lowest BCUT2D eigenvalue weighted by Crippen LogP contribution is -1.95. The van der Waals surface area contributed by atoms with Gasteiger partial charge < -0.3 is 14.7 Å². The Morgan fingerprint density at radius 2 is 1.58 bits per heavy atom. The zero-order valence-corrected chi connectivity index (χ0v) is 22.3. The van der Waals surface area contributed by atoms with Crippen LogP contribution in [-0.2, 0) is 6.61 Å². The van der Waals surface area contributed by atoms with Crippen LogP contribution in [0.5, 0.6) is 5.75 Å². The van der Waals surface area contributed by atoms with Crippen LogP contribution >= 0.6 is 12.4 Å². The number of hydrogen-bond donors (Lipinski definition) is 2. The summed E-state index contributed by atoms with van der Waals surface area (Å²) in [6.07, 6.45) is 21.5. The van der Waals surface area contributed by atoms with E-state index >= 15 is 0 Å². The first-order valence-corrected chi connectivity index (χ1v) is 13.3. The molecule has 0 fully saturated rings. The predicted octanol–water partition coefficient (Wildman–Crippen LogP) is 9.28. The molecule has 2 aromatic heterocycles. The van der Waals surface area contributed by atoms with E-state index in [0.29, 0.717) is 6.61 Å². The molecule has 0 aliphatic carbocycles. The zero-order valence-electron chi connectivity index (χ0n) is 21.5. The summed E-state index contributed by atoms with van der Waals surface area (Å²) < 4.78 is 6.21. The molecule has 3 heterocycles. The van der Waals surface area contributed by atoms with Crippen molar-refractivity contribution in [1.82, 2.24) is 9.97 Å². The molecule has 0 saturated carbocycles. The van der Waals surface area contributed by atoms with Crippen LogP contribution in [0.25, 0.3) is 17.5 Å². The Hall–Kier alpha value is -2.98. The lowest BCUT2D eigenvalue weighted by molar-refractivity contribution is 0.306. The van der Waals surface area contributed by atoms with Crippen LogP contribution in [-0.4, -0.2) is 15.7 Å². The van der Waals surface area contributed by atoms with Crippen molar-refractivity contribution >= 4 is 24.2 Å². The van der Waals surface area contributed by atoms with Crippen molar-refractivity contribution in [1.29, 1.82) is 0 Å². The maximum absolute atomic E-state index is 6.21. The minimum Gasteiger partial charge on any atom is -0.487 e. The van der Waals surface area contributed by atoms with Crippen molar-refractivity contribution in [2.24, 2.45) is 4.99 Å². The van der Waals surface area contributed by atoms with Crippen molar-refractivity contribution in [3.63, 3.8) is 0 Å². The summed E-state index contributed by atoms with van der Waals surface area (Å²) >= 11 is 0. The van der Waals surface area contributed by atoms with Crippen LogP contribution in [0.1, 0.15) is 82.4 Å². The van der Waals surface area contributed by atoms with Crippen LogP contribution in [0.3, 0.4) is 0 Å². The number of aromatic amines is 2. The quantitative estimate of drug-likeness (QED) is 0.198. The second-order valence-corrected chi connectivity index (χ2v) is 9.40. The van der Waals surface area contributed by atoms with Gasteiger partial charge in [0.05, 0.1) is 22.8 Å². The Balaban J connectivity index is 0.00000361. The van der Waals surface area contributed by atoms with E-state index in [9.17, 15) is 0 Å². The molecule has 0 spiro atoms. The monoisotopic (exact) mass is 505 g/mol. The van der Waals surface area contributed by atoms with Crippen molar-refractivity contribution in [2.45, 2.75) is 77.7 Å². The Labute approximate surface area is 222 Å². The van der Waals surface area contributed by atoms with E-state index in [1.807, 2.05) is 30.5 Å². The van der Waals surface area contributed by atoms with Crippen LogP contribution in [0.2, 0.25) is 0 Å². The molecule has 4 rings (SSSR count). The molecule has 0 unspecified atom stereocenters. The predicted molar refractivity (Wildman–Crippen MR) is 155 cm³/mol. The molecule has 0 amide bonds. The summed E-state index contributed by atoms with van der Waals surface area (Å²) in [6.45, 7) is 2.81. The third-order valence-electron chi connectivity index (χ3n) is 6.48. The van der Waals surface area contributed by atoms with E-state index in [1.165, 1.54) is 63.5 Å². The molecule has 5 heteroatoms. The number of H-pyrrole nitrogens is 2. The number of unbranched alkanes of at least 4 members (excludes halogenated alkanes) is 8. The molecular weight excluding hydrogens is 466 g/mol. The van der Waals surface area contributed by atoms with Crippen molar-refractivity contribution in [2.75, 3.05) is 0 Å². The van der Waals surface area contributed by atoms with E-state index in [4.69, 9.17) is 9.73 Å². The number of benzene rings is 1. The number of ether oxygens (including phenoxy) is 1. The van der Waals surface area contributed by atoms with Gasteiger partial charge >= 0.3 is 0 Å². The van der Waals surface area contributed by atoms with E-state index in [0.717, 1.165) is 40.5 Å². The molecule has 2 N–H and O–H groups in total. The van der Waals surface area contributed by atoms with Gasteiger partial charge in [-0.3, -0.25) is 4.99 Å². The van der Waals surface area contributed by atoms with Gasteiger partial charge in [0.1, 0.15) is 12.4 Å². The summed E-state index contributed by atoms with van der Waals surface area (Å²) in [6, 6.07) is 16.4. The number of allylic oxidation sites excluding steroid dienone is 2. The Morgan fingerprint density at radius 1 is 0.833 bits per heavy atom. The summed E-state index contributed by atoms with van der Waals surface area (Å²) in [5.74, 6) is 0.835. The Kier molecular flexibility index (Phi) is 11.7. The molecule has 1 aromatic carbocycles. The third kappa shape index (κ3) is 8.60. The van der Waals surface area contributed by atoms with Gasteiger partial charge in [0.25, 0.3) is 0 Å². The van der Waals surface area contributed by atoms with Crippen molar-refractivity contribution < 1.29 is 4.74 Å². The molecular formula is C31H40ClN3O. The average molecular weight is 506 g/mol. The second kappa shape index (κ2) is 15.2. The van der Waals surface area contributed by atoms with Crippen LogP contribution in [0.4, 0.5) is 0 Å². The molecule has 192 valence electrons. The number of aliphatic imine (C=N–C) groups is 1. The first kappa shape index (κ1) is 27.6. The Bertz CT molecular complexity index is 1110. The second-order valence-electron chi connectivity index (χ2n) is 9.40. The number of hydrogen-bond acceptors (Lipinski definition) is 2. The van der Waals surface area contributed by atoms with Gasteiger partial charge in [-0.1, -0.05) is 88.6 Å². The van der Waals surface area contributed by atoms with E-state index in [-0.39, 0.29) is 12.4 Å². The Morgan fingerprint density at radius 3 is 2.31 bits per heavy atom. The maximum atomic E-state index is 6.21. The molecule has 0 radical (unpaired) electrons. The summed E-state index contributed by atoms with van der Waals surface area (Å²) in [5.41, 5.74) is 6.29. The minimum absolute atomic E-state index is 0. The topological polar surface area (TPSA) is 53.2 Å². The zero-order chi connectivity index (χ0) is 24.1. The largest absolute Gasteiger partial charge is 0.487 e. The van der Waals surface area contributed by atoms with Crippen LogP contribution in [0, 0.1) is 0 Å². The standard InChI is InChI=1S/C31H39N3O.ClH/c1-2-3-4-5-6-7-8-9-13-17-26-19-20-27(33-26)22-30-31(35-24-25-15-11-10-12-16-25)23-29(34-30)28-18-14-21-32-28;/h10-12,14-16,18-23,32,34H,2-9,13,17,24H2,1H3;1H/b27-22+;. The highest BCUT2D eigenvalue weighted by Crippen LogP contribution is 2.30. The van der Waals surface area contributed by atoms with Gasteiger partial charge in [-0.05, 0) is 48.8 Å². The van der Waals surface area contributed by atoms with Crippen LogP contribution < -0.4 is 4.74 Å². The number of aromatic nitrogens is 2. The fourth-order valence-corrected chi connectivity index (χ4v) is 4.46. The molecule has 0 saturated heterocycles. The van der Waals surface area contributed by atoms with E-state index in [2.05, 4.69) is 59.4 Å². The SMILES string of the molecule is CCCCCCCCCCCC1=N/C(=C/c2[nH]c(-c3ccc[nH]3)cc2OCc2ccccc2)C=C1.Cl. The summed E-state index contributed by atoms with van der Waals surface area (Å²) in [5, 5.41) is 0. The fourth-order valence-electron chi connectivity index (χ4n) is 4.46. The van der Waals surface area contributed by atoms with Crippen molar-refractivity contribution in [3.8, 4) is 17.1 Å². The van der Waals surface area contributed by atoms with Gasteiger partial charge in [0.15, 0.2) is 0 Å². The lowest BCUT2D eigenvalue weighted by atomic mass is 10.1. The fraction of sp³-hybridized carbons (Fsp3) is 0.387.